The number of rotatable bonds is 5. The highest BCUT2D eigenvalue weighted by Crippen LogP contribution is 2.24. The molecule has 1 rings (SSSR count). The summed E-state index contributed by atoms with van der Waals surface area (Å²) in [5.41, 5.74) is 0. The molecule has 15 heavy (non-hydrogen) atoms. The zero-order chi connectivity index (χ0) is 11.4. The van der Waals surface area contributed by atoms with Crippen molar-refractivity contribution in [2.75, 3.05) is 13.2 Å². The van der Waals surface area contributed by atoms with Gasteiger partial charge in [-0.1, -0.05) is 6.08 Å². The SMILES string of the molecule is C=CCOC1O[C@H]([C@H](O)CO)[C@@H](O)[C@H]1O. The van der Waals surface area contributed by atoms with Gasteiger partial charge < -0.3 is 29.9 Å². The summed E-state index contributed by atoms with van der Waals surface area (Å²) in [6.07, 6.45) is -4.34. The van der Waals surface area contributed by atoms with Gasteiger partial charge in [-0.15, -0.1) is 6.58 Å². The largest absolute Gasteiger partial charge is 0.394 e. The van der Waals surface area contributed by atoms with Gasteiger partial charge in [-0.2, -0.15) is 0 Å². The van der Waals surface area contributed by atoms with Crippen LogP contribution in [0.25, 0.3) is 0 Å². The van der Waals surface area contributed by atoms with Crippen molar-refractivity contribution in [3.05, 3.63) is 12.7 Å². The van der Waals surface area contributed by atoms with E-state index in [-0.39, 0.29) is 6.61 Å². The van der Waals surface area contributed by atoms with Crippen molar-refractivity contribution in [1.82, 2.24) is 0 Å². The molecule has 0 bridgehead atoms. The molecule has 1 aliphatic rings. The summed E-state index contributed by atoms with van der Waals surface area (Å²) in [6, 6.07) is 0. The van der Waals surface area contributed by atoms with E-state index in [1.54, 1.807) is 0 Å². The van der Waals surface area contributed by atoms with Gasteiger partial charge in [0, 0.05) is 0 Å². The van der Waals surface area contributed by atoms with Crippen molar-refractivity contribution < 1.29 is 29.9 Å². The molecule has 5 atom stereocenters. The summed E-state index contributed by atoms with van der Waals surface area (Å²) in [7, 11) is 0. The lowest BCUT2D eigenvalue weighted by Crippen LogP contribution is -2.40. The van der Waals surface area contributed by atoms with Crippen molar-refractivity contribution in [3.63, 3.8) is 0 Å². The van der Waals surface area contributed by atoms with E-state index in [1.165, 1.54) is 6.08 Å². The van der Waals surface area contributed by atoms with E-state index < -0.39 is 37.3 Å². The maximum absolute atomic E-state index is 9.48. The number of hydrogen-bond acceptors (Lipinski definition) is 6. The molecule has 1 unspecified atom stereocenters. The fourth-order valence-electron chi connectivity index (χ4n) is 1.39. The van der Waals surface area contributed by atoms with E-state index in [0.29, 0.717) is 0 Å². The standard InChI is InChI=1S/C9H16O6/c1-2-3-14-9-7(13)6(12)8(15-9)5(11)4-10/h2,5-13H,1,3-4H2/t5-,6+,7-,8-,9?/m1/s1. The van der Waals surface area contributed by atoms with Crippen LogP contribution >= 0.6 is 0 Å². The second-order valence-electron chi connectivity index (χ2n) is 3.32. The van der Waals surface area contributed by atoms with Crippen LogP contribution in [-0.4, -0.2) is 64.3 Å². The molecule has 4 N–H and O–H groups in total. The Balaban J connectivity index is 2.54. The molecular formula is C9H16O6. The van der Waals surface area contributed by atoms with E-state index in [1.807, 2.05) is 0 Å². The van der Waals surface area contributed by atoms with Crippen LogP contribution in [0.5, 0.6) is 0 Å². The molecule has 0 aromatic carbocycles. The molecule has 0 spiro atoms. The molecule has 6 nitrogen and oxygen atoms in total. The summed E-state index contributed by atoms with van der Waals surface area (Å²) in [4.78, 5) is 0. The predicted octanol–water partition coefficient (Wildman–Crippen LogP) is -2.01. The molecule has 0 aliphatic carbocycles. The third-order valence-corrected chi connectivity index (χ3v) is 2.20. The predicted molar refractivity (Wildman–Crippen MR) is 49.9 cm³/mol. The molecule has 1 fully saturated rings. The van der Waals surface area contributed by atoms with Crippen LogP contribution in [0.3, 0.4) is 0 Å². The Hall–Kier alpha value is -0.500. The Kier molecular flexibility index (Phi) is 4.65. The van der Waals surface area contributed by atoms with Gasteiger partial charge in [-0.25, -0.2) is 0 Å². The van der Waals surface area contributed by atoms with Gasteiger partial charge >= 0.3 is 0 Å². The molecule has 0 amide bonds. The fraction of sp³-hybridized carbons (Fsp3) is 0.778. The van der Waals surface area contributed by atoms with Crippen molar-refractivity contribution in [2.24, 2.45) is 0 Å². The Labute approximate surface area is 87.4 Å². The van der Waals surface area contributed by atoms with E-state index in [2.05, 4.69) is 6.58 Å². The molecular weight excluding hydrogens is 204 g/mol. The van der Waals surface area contributed by atoms with Crippen LogP contribution < -0.4 is 0 Å². The monoisotopic (exact) mass is 220 g/mol. The van der Waals surface area contributed by atoms with Crippen LogP contribution in [-0.2, 0) is 9.47 Å². The Bertz CT molecular complexity index is 209. The Morgan fingerprint density at radius 1 is 1.40 bits per heavy atom. The number of aliphatic hydroxyl groups is 4. The maximum Gasteiger partial charge on any atom is 0.187 e. The van der Waals surface area contributed by atoms with Crippen molar-refractivity contribution >= 4 is 0 Å². The second kappa shape index (κ2) is 5.55. The highest BCUT2D eigenvalue weighted by atomic mass is 16.7. The van der Waals surface area contributed by atoms with Crippen molar-refractivity contribution in [2.45, 2.75) is 30.7 Å². The zero-order valence-corrected chi connectivity index (χ0v) is 8.19. The molecule has 6 heteroatoms. The van der Waals surface area contributed by atoms with Gasteiger partial charge in [0.25, 0.3) is 0 Å². The van der Waals surface area contributed by atoms with E-state index in [9.17, 15) is 15.3 Å². The van der Waals surface area contributed by atoms with Crippen LogP contribution in [0.1, 0.15) is 0 Å². The third kappa shape index (κ3) is 2.75. The summed E-state index contributed by atoms with van der Waals surface area (Å²) in [5, 5.41) is 36.9. The van der Waals surface area contributed by atoms with E-state index >= 15 is 0 Å². The van der Waals surface area contributed by atoms with E-state index in [0.717, 1.165) is 0 Å². The van der Waals surface area contributed by atoms with E-state index in [4.69, 9.17) is 14.6 Å². The summed E-state index contributed by atoms with van der Waals surface area (Å²) < 4.78 is 10.1. The van der Waals surface area contributed by atoms with Gasteiger partial charge in [0.2, 0.25) is 0 Å². The first kappa shape index (κ1) is 12.6. The first-order chi connectivity index (χ1) is 7.11. The topological polar surface area (TPSA) is 99.4 Å². The van der Waals surface area contributed by atoms with Gasteiger partial charge in [-0.3, -0.25) is 0 Å². The number of aliphatic hydroxyl groups excluding tert-OH is 4. The summed E-state index contributed by atoms with van der Waals surface area (Å²) >= 11 is 0. The van der Waals surface area contributed by atoms with Crippen LogP contribution in [0.2, 0.25) is 0 Å². The normalized spacial score (nSPS) is 37.9. The van der Waals surface area contributed by atoms with Gasteiger partial charge in [-0.05, 0) is 0 Å². The average molecular weight is 220 g/mol. The minimum absolute atomic E-state index is 0.163. The molecule has 88 valence electrons. The Morgan fingerprint density at radius 2 is 2.07 bits per heavy atom. The highest BCUT2D eigenvalue weighted by Gasteiger charge is 2.46. The van der Waals surface area contributed by atoms with Gasteiger partial charge in [0.1, 0.15) is 24.4 Å². The minimum Gasteiger partial charge on any atom is -0.394 e. The summed E-state index contributed by atoms with van der Waals surface area (Å²) in [5.74, 6) is 0. The first-order valence-corrected chi connectivity index (χ1v) is 4.64. The lowest BCUT2D eigenvalue weighted by atomic mass is 10.1. The fourth-order valence-corrected chi connectivity index (χ4v) is 1.39. The molecule has 0 aromatic heterocycles. The number of ether oxygens (including phenoxy) is 2. The maximum atomic E-state index is 9.48. The lowest BCUT2D eigenvalue weighted by Gasteiger charge is -2.18. The highest BCUT2D eigenvalue weighted by molar-refractivity contribution is 4.90. The van der Waals surface area contributed by atoms with Crippen molar-refractivity contribution in [3.8, 4) is 0 Å². The number of hydrogen-bond donors (Lipinski definition) is 4. The minimum atomic E-state index is -1.28. The smallest absolute Gasteiger partial charge is 0.187 e. The zero-order valence-electron chi connectivity index (χ0n) is 8.19. The van der Waals surface area contributed by atoms with Crippen LogP contribution in [0.4, 0.5) is 0 Å². The molecule has 0 aromatic rings. The second-order valence-corrected chi connectivity index (χ2v) is 3.32. The molecule has 1 heterocycles. The van der Waals surface area contributed by atoms with Crippen LogP contribution in [0, 0.1) is 0 Å². The molecule has 1 saturated heterocycles. The van der Waals surface area contributed by atoms with Gasteiger partial charge in [0.15, 0.2) is 6.29 Å². The molecule has 1 aliphatic heterocycles. The molecule has 0 radical (unpaired) electrons. The average Bonchev–Trinajstić information content (AvgIpc) is 2.53. The Morgan fingerprint density at radius 3 is 2.60 bits per heavy atom. The lowest BCUT2D eigenvalue weighted by molar-refractivity contribution is -0.175. The quantitative estimate of drug-likeness (QED) is 0.399. The van der Waals surface area contributed by atoms with Crippen molar-refractivity contribution in [1.29, 1.82) is 0 Å². The van der Waals surface area contributed by atoms with Gasteiger partial charge in [0.05, 0.1) is 13.2 Å². The first-order valence-electron chi connectivity index (χ1n) is 4.64. The van der Waals surface area contributed by atoms with Crippen LogP contribution in [0.15, 0.2) is 12.7 Å². The summed E-state index contributed by atoms with van der Waals surface area (Å²) in [6.45, 7) is 3.03. The molecule has 0 saturated carbocycles. The third-order valence-electron chi connectivity index (χ3n) is 2.20.